The summed E-state index contributed by atoms with van der Waals surface area (Å²) in [5, 5.41) is 3.24. The zero-order valence-corrected chi connectivity index (χ0v) is 17.8. The van der Waals surface area contributed by atoms with Crippen molar-refractivity contribution in [2.45, 2.75) is 26.4 Å². The lowest BCUT2D eigenvalue weighted by atomic mass is 10.1. The van der Waals surface area contributed by atoms with E-state index in [1.807, 2.05) is 11.8 Å². The average Bonchev–Trinajstić information content (AvgIpc) is 2.68. The molecule has 0 spiro atoms. The molecule has 0 radical (unpaired) electrons. The maximum atomic E-state index is 13.1. The molecule has 2 aromatic carbocycles. The standard InChI is InChI=1S/C23H25ClFN3O2/c1-16-14-27(15-18-3-8-21(25)9-4-18)11-12-28(16)23(30)10-6-19-5-7-20(24)13-22(19)26-17(2)29/h3-10,13,16H,11-12,14-15H2,1-2H3,(H,26,29). The molecule has 2 amide bonds. The first-order valence-corrected chi connectivity index (χ1v) is 10.2. The molecule has 0 bridgehead atoms. The largest absolute Gasteiger partial charge is 0.334 e. The molecule has 1 aliphatic heterocycles. The van der Waals surface area contributed by atoms with Crippen molar-refractivity contribution in [2.24, 2.45) is 0 Å². The molecule has 1 unspecified atom stereocenters. The molecule has 0 aliphatic carbocycles. The molecule has 2 aromatic rings. The van der Waals surface area contributed by atoms with E-state index in [4.69, 9.17) is 11.6 Å². The molecule has 1 N–H and O–H groups in total. The van der Waals surface area contributed by atoms with Crippen molar-refractivity contribution < 1.29 is 14.0 Å². The van der Waals surface area contributed by atoms with Crippen LogP contribution in [-0.2, 0) is 16.1 Å². The van der Waals surface area contributed by atoms with Gasteiger partial charge in [-0.2, -0.15) is 0 Å². The molecule has 1 atom stereocenters. The summed E-state index contributed by atoms with van der Waals surface area (Å²) in [5.41, 5.74) is 2.33. The van der Waals surface area contributed by atoms with Gasteiger partial charge in [-0.25, -0.2) is 4.39 Å². The minimum Gasteiger partial charge on any atom is -0.334 e. The van der Waals surface area contributed by atoms with E-state index >= 15 is 0 Å². The highest BCUT2D eigenvalue weighted by atomic mass is 35.5. The lowest BCUT2D eigenvalue weighted by molar-refractivity contribution is -0.130. The summed E-state index contributed by atoms with van der Waals surface area (Å²) < 4.78 is 13.1. The van der Waals surface area contributed by atoms with Gasteiger partial charge in [0.15, 0.2) is 0 Å². The van der Waals surface area contributed by atoms with E-state index < -0.39 is 0 Å². The number of hydrogen-bond acceptors (Lipinski definition) is 3. The smallest absolute Gasteiger partial charge is 0.246 e. The van der Waals surface area contributed by atoms with Crippen LogP contribution < -0.4 is 5.32 Å². The van der Waals surface area contributed by atoms with Crippen molar-refractivity contribution >= 4 is 35.2 Å². The number of halogens is 2. The topological polar surface area (TPSA) is 52.7 Å². The van der Waals surface area contributed by atoms with Crippen LogP contribution in [0.3, 0.4) is 0 Å². The zero-order valence-electron chi connectivity index (χ0n) is 17.1. The van der Waals surface area contributed by atoms with E-state index in [2.05, 4.69) is 10.2 Å². The van der Waals surface area contributed by atoms with Crippen LogP contribution in [0.1, 0.15) is 25.0 Å². The molecule has 1 heterocycles. The van der Waals surface area contributed by atoms with E-state index in [0.29, 0.717) is 22.8 Å². The number of piperazine rings is 1. The summed E-state index contributed by atoms with van der Waals surface area (Å²) in [7, 11) is 0. The lowest BCUT2D eigenvalue weighted by Gasteiger charge is -2.39. The van der Waals surface area contributed by atoms with E-state index in [1.165, 1.54) is 25.1 Å². The van der Waals surface area contributed by atoms with Crippen LogP contribution in [0, 0.1) is 5.82 Å². The van der Waals surface area contributed by atoms with Gasteiger partial charge < -0.3 is 10.2 Å². The zero-order chi connectivity index (χ0) is 21.7. The third-order valence-corrected chi connectivity index (χ3v) is 5.28. The normalized spacial score (nSPS) is 17.3. The molecular formula is C23H25ClFN3O2. The Hall–Kier alpha value is -2.70. The van der Waals surface area contributed by atoms with Gasteiger partial charge in [-0.05, 0) is 48.4 Å². The van der Waals surface area contributed by atoms with Gasteiger partial charge in [0.05, 0.1) is 0 Å². The highest BCUT2D eigenvalue weighted by molar-refractivity contribution is 6.31. The van der Waals surface area contributed by atoms with Crippen molar-refractivity contribution in [3.05, 3.63) is 70.5 Å². The van der Waals surface area contributed by atoms with Crippen LogP contribution in [-0.4, -0.2) is 47.3 Å². The Morgan fingerprint density at radius 1 is 1.20 bits per heavy atom. The molecule has 0 saturated carbocycles. The Labute approximate surface area is 181 Å². The molecule has 7 heteroatoms. The molecule has 30 heavy (non-hydrogen) atoms. The summed E-state index contributed by atoms with van der Waals surface area (Å²) in [5.74, 6) is -0.520. The molecule has 1 saturated heterocycles. The van der Waals surface area contributed by atoms with Gasteiger partial charge >= 0.3 is 0 Å². The predicted octanol–water partition coefficient (Wildman–Crippen LogP) is 4.18. The van der Waals surface area contributed by atoms with Crippen LogP contribution in [0.25, 0.3) is 6.08 Å². The number of carbonyl (C=O) groups excluding carboxylic acids is 2. The Morgan fingerprint density at radius 3 is 2.60 bits per heavy atom. The van der Waals surface area contributed by atoms with Gasteiger partial charge in [0.1, 0.15) is 5.82 Å². The highest BCUT2D eigenvalue weighted by Gasteiger charge is 2.26. The Kier molecular flexibility index (Phi) is 7.24. The fourth-order valence-electron chi connectivity index (χ4n) is 3.58. The molecule has 3 rings (SSSR count). The quantitative estimate of drug-likeness (QED) is 0.725. The molecule has 158 valence electrons. The monoisotopic (exact) mass is 429 g/mol. The first-order chi connectivity index (χ1) is 14.3. The van der Waals surface area contributed by atoms with E-state index in [9.17, 15) is 14.0 Å². The van der Waals surface area contributed by atoms with Crippen molar-refractivity contribution in [3.8, 4) is 0 Å². The van der Waals surface area contributed by atoms with E-state index in [1.54, 1.807) is 36.4 Å². The van der Waals surface area contributed by atoms with Gasteiger partial charge in [0.25, 0.3) is 0 Å². The van der Waals surface area contributed by atoms with Crippen LogP contribution in [0.5, 0.6) is 0 Å². The van der Waals surface area contributed by atoms with Gasteiger partial charge in [0, 0.05) is 55.9 Å². The SMILES string of the molecule is CC(=O)Nc1cc(Cl)ccc1C=CC(=O)N1CCN(Cc2ccc(F)cc2)CC1C. The number of anilines is 1. The first-order valence-electron chi connectivity index (χ1n) is 9.84. The van der Waals surface area contributed by atoms with Crippen molar-refractivity contribution in [1.82, 2.24) is 9.80 Å². The van der Waals surface area contributed by atoms with E-state index in [0.717, 1.165) is 25.2 Å². The first kappa shape index (κ1) is 22.0. The summed E-state index contributed by atoms with van der Waals surface area (Å²) in [6.07, 6.45) is 3.22. The van der Waals surface area contributed by atoms with Gasteiger partial charge in [-0.1, -0.05) is 29.8 Å². The Morgan fingerprint density at radius 2 is 1.93 bits per heavy atom. The fraction of sp³-hybridized carbons (Fsp3) is 0.304. The van der Waals surface area contributed by atoms with Gasteiger partial charge in [0.2, 0.25) is 11.8 Å². The Bertz CT molecular complexity index is 946. The van der Waals surface area contributed by atoms with Gasteiger partial charge in [-0.3, -0.25) is 14.5 Å². The number of nitrogens with zero attached hydrogens (tertiary/aromatic N) is 2. The second-order valence-electron chi connectivity index (χ2n) is 7.49. The van der Waals surface area contributed by atoms with Crippen molar-refractivity contribution in [3.63, 3.8) is 0 Å². The van der Waals surface area contributed by atoms with Crippen LogP contribution in [0.15, 0.2) is 48.5 Å². The summed E-state index contributed by atoms with van der Waals surface area (Å²) in [6, 6.07) is 11.7. The second kappa shape index (κ2) is 9.87. The third-order valence-electron chi connectivity index (χ3n) is 5.05. The number of nitrogens with one attached hydrogen (secondary N) is 1. The number of amides is 2. The summed E-state index contributed by atoms with van der Waals surface area (Å²) >= 11 is 6.01. The fourth-order valence-corrected chi connectivity index (χ4v) is 3.75. The van der Waals surface area contributed by atoms with E-state index in [-0.39, 0.29) is 23.7 Å². The second-order valence-corrected chi connectivity index (χ2v) is 7.92. The maximum absolute atomic E-state index is 13.1. The lowest BCUT2D eigenvalue weighted by Crippen LogP contribution is -2.53. The number of rotatable bonds is 5. The van der Waals surface area contributed by atoms with Crippen LogP contribution in [0.4, 0.5) is 10.1 Å². The molecule has 1 fully saturated rings. The highest BCUT2D eigenvalue weighted by Crippen LogP contribution is 2.23. The minimum absolute atomic E-state index is 0.0522. The molecule has 1 aliphatic rings. The third kappa shape index (κ3) is 5.90. The average molecular weight is 430 g/mol. The summed E-state index contributed by atoms with van der Waals surface area (Å²) in [6.45, 7) is 6.28. The number of carbonyl (C=O) groups is 2. The van der Waals surface area contributed by atoms with Crippen LogP contribution >= 0.6 is 11.6 Å². The molecule has 0 aromatic heterocycles. The predicted molar refractivity (Wildman–Crippen MR) is 118 cm³/mol. The summed E-state index contributed by atoms with van der Waals surface area (Å²) in [4.78, 5) is 28.3. The number of hydrogen-bond donors (Lipinski definition) is 1. The van der Waals surface area contributed by atoms with Gasteiger partial charge in [-0.15, -0.1) is 0 Å². The minimum atomic E-state index is -0.239. The molecular weight excluding hydrogens is 405 g/mol. The molecule has 5 nitrogen and oxygen atoms in total. The van der Waals surface area contributed by atoms with Crippen molar-refractivity contribution in [1.29, 1.82) is 0 Å². The Balaban J connectivity index is 1.61. The van der Waals surface area contributed by atoms with Crippen molar-refractivity contribution in [2.75, 3.05) is 25.0 Å². The maximum Gasteiger partial charge on any atom is 0.246 e. The van der Waals surface area contributed by atoms with Crippen LogP contribution in [0.2, 0.25) is 5.02 Å². The number of benzene rings is 2.